The number of carboxylic acids is 1. The van der Waals surface area contributed by atoms with E-state index >= 15 is 0 Å². The standard InChI is InChI=1S/C25H26N2O5/c1-27(13-22(28)29)23(30)25-11-15(25)10-16(12-25)26-24(31)32-14-21-19-8-4-2-6-17(19)18-7-3-5-9-20(18)21/h2-9,15-16,21H,10-14H2,1H3,(H,26,31)(H,28,29). The number of carboxylic acid groups (broad SMARTS) is 1. The summed E-state index contributed by atoms with van der Waals surface area (Å²) in [7, 11) is 1.52. The van der Waals surface area contributed by atoms with E-state index in [4.69, 9.17) is 9.84 Å². The van der Waals surface area contributed by atoms with Gasteiger partial charge in [-0.15, -0.1) is 0 Å². The summed E-state index contributed by atoms with van der Waals surface area (Å²) in [5.74, 6) is -0.963. The summed E-state index contributed by atoms with van der Waals surface area (Å²) in [6, 6.07) is 16.2. The number of benzene rings is 2. The number of amides is 2. The molecule has 3 unspecified atom stereocenters. The van der Waals surface area contributed by atoms with Gasteiger partial charge in [0.2, 0.25) is 5.91 Å². The van der Waals surface area contributed by atoms with Gasteiger partial charge in [-0.3, -0.25) is 9.59 Å². The van der Waals surface area contributed by atoms with Gasteiger partial charge in [-0.1, -0.05) is 48.5 Å². The summed E-state index contributed by atoms with van der Waals surface area (Å²) in [4.78, 5) is 37.5. The molecule has 3 aliphatic carbocycles. The van der Waals surface area contributed by atoms with Crippen molar-refractivity contribution in [2.75, 3.05) is 20.2 Å². The summed E-state index contributed by atoms with van der Waals surface area (Å²) >= 11 is 0. The van der Waals surface area contributed by atoms with E-state index in [2.05, 4.69) is 29.6 Å². The highest BCUT2D eigenvalue weighted by molar-refractivity contribution is 5.89. The van der Waals surface area contributed by atoms with E-state index in [1.165, 1.54) is 23.1 Å². The molecule has 0 spiro atoms. The average molecular weight is 434 g/mol. The molecule has 2 amide bonds. The summed E-state index contributed by atoms with van der Waals surface area (Å²) in [6.07, 6.45) is 1.54. The van der Waals surface area contributed by atoms with Crippen LogP contribution >= 0.6 is 0 Å². The van der Waals surface area contributed by atoms with Gasteiger partial charge >= 0.3 is 12.1 Å². The Morgan fingerprint density at radius 1 is 1.06 bits per heavy atom. The van der Waals surface area contributed by atoms with Crippen LogP contribution < -0.4 is 5.32 Å². The van der Waals surface area contributed by atoms with Crippen LogP contribution in [0.5, 0.6) is 0 Å². The molecular formula is C25H26N2O5. The van der Waals surface area contributed by atoms with Gasteiger partial charge in [0.05, 0.1) is 5.41 Å². The molecule has 0 aromatic heterocycles. The van der Waals surface area contributed by atoms with E-state index in [0.29, 0.717) is 6.42 Å². The number of aliphatic carboxylic acids is 1. The zero-order chi connectivity index (χ0) is 22.5. The van der Waals surface area contributed by atoms with Crippen LogP contribution in [0.25, 0.3) is 11.1 Å². The molecule has 166 valence electrons. The van der Waals surface area contributed by atoms with Crippen LogP contribution in [-0.2, 0) is 14.3 Å². The van der Waals surface area contributed by atoms with Gasteiger partial charge in [0.15, 0.2) is 0 Å². The molecule has 3 atom stereocenters. The minimum atomic E-state index is -1.03. The fraction of sp³-hybridized carbons (Fsp3) is 0.400. The number of hydrogen-bond donors (Lipinski definition) is 2. The van der Waals surface area contributed by atoms with Gasteiger partial charge in [0, 0.05) is 19.0 Å². The number of hydrogen-bond acceptors (Lipinski definition) is 4. The van der Waals surface area contributed by atoms with Gasteiger partial charge in [-0.2, -0.15) is 0 Å². The van der Waals surface area contributed by atoms with Crippen molar-refractivity contribution in [3.63, 3.8) is 0 Å². The average Bonchev–Trinajstić information content (AvgIpc) is 3.19. The lowest BCUT2D eigenvalue weighted by Crippen LogP contribution is -2.40. The number of carbonyl (C=O) groups is 3. The topological polar surface area (TPSA) is 95.9 Å². The number of rotatable bonds is 6. The van der Waals surface area contributed by atoms with Crippen molar-refractivity contribution in [3.8, 4) is 11.1 Å². The van der Waals surface area contributed by atoms with Gasteiger partial charge < -0.3 is 20.1 Å². The van der Waals surface area contributed by atoms with Crippen LogP contribution in [0.2, 0.25) is 0 Å². The molecule has 0 heterocycles. The molecule has 0 aliphatic heterocycles. The van der Waals surface area contributed by atoms with E-state index in [1.54, 1.807) is 0 Å². The van der Waals surface area contributed by atoms with Gasteiger partial charge in [-0.05, 0) is 47.4 Å². The Labute approximate surface area is 186 Å². The molecule has 0 bridgehead atoms. The first kappa shape index (κ1) is 20.5. The fourth-order valence-corrected chi connectivity index (χ4v) is 5.73. The first-order valence-corrected chi connectivity index (χ1v) is 11.0. The summed E-state index contributed by atoms with van der Waals surface area (Å²) in [6.45, 7) is -0.0563. The van der Waals surface area contributed by atoms with Crippen LogP contribution in [0.15, 0.2) is 48.5 Å². The molecule has 2 saturated carbocycles. The van der Waals surface area contributed by atoms with Crippen LogP contribution in [-0.4, -0.2) is 54.2 Å². The Morgan fingerprint density at radius 3 is 2.31 bits per heavy atom. The molecule has 2 aromatic rings. The monoisotopic (exact) mass is 434 g/mol. The predicted octanol–water partition coefficient (Wildman–Crippen LogP) is 3.24. The highest BCUT2D eigenvalue weighted by Gasteiger charge is 2.65. The molecule has 2 aromatic carbocycles. The van der Waals surface area contributed by atoms with Crippen molar-refractivity contribution in [2.45, 2.75) is 31.2 Å². The maximum Gasteiger partial charge on any atom is 0.407 e. The van der Waals surface area contributed by atoms with Crippen LogP contribution in [0, 0.1) is 11.3 Å². The number of alkyl carbamates (subject to hydrolysis) is 1. The van der Waals surface area contributed by atoms with Crippen molar-refractivity contribution >= 4 is 18.0 Å². The molecule has 0 saturated heterocycles. The summed E-state index contributed by atoms with van der Waals surface area (Å²) in [5, 5.41) is 11.9. The molecule has 3 aliphatic rings. The highest BCUT2D eigenvalue weighted by atomic mass is 16.5. The molecular weight excluding hydrogens is 408 g/mol. The van der Waals surface area contributed by atoms with E-state index in [0.717, 1.165) is 24.0 Å². The summed E-state index contributed by atoms with van der Waals surface area (Å²) < 4.78 is 5.62. The van der Waals surface area contributed by atoms with Crippen molar-refractivity contribution in [2.24, 2.45) is 11.3 Å². The van der Waals surface area contributed by atoms with E-state index in [-0.39, 0.29) is 36.9 Å². The molecule has 7 nitrogen and oxygen atoms in total. The second-order valence-electron chi connectivity index (χ2n) is 9.22. The van der Waals surface area contributed by atoms with Crippen molar-refractivity contribution in [1.82, 2.24) is 10.2 Å². The number of likely N-dealkylation sites (N-methyl/N-ethyl adjacent to an activating group) is 1. The quantitative estimate of drug-likeness (QED) is 0.728. The lowest BCUT2D eigenvalue weighted by atomic mass is 9.98. The second-order valence-corrected chi connectivity index (χ2v) is 9.22. The Kier molecular flexibility index (Phi) is 4.92. The SMILES string of the molecule is CN(CC(=O)O)C(=O)C12CC(NC(=O)OCC3c4ccccc4-c4ccccc43)CC1C2. The van der Waals surface area contributed by atoms with E-state index in [1.807, 2.05) is 24.3 Å². The number of carbonyl (C=O) groups excluding carboxylic acids is 2. The van der Waals surface area contributed by atoms with Gasteiger partial charge in [0.25, 0.3) is 0 Å². The smallest absolute Gasteiger partial charge is 0.407 e. The lowest BCUT2D eigenvalue weighted by Gasteiger charge is -2.22. The second kappa shape index (κ2) is 7.65. The van der Waals surface area contributed by atoms with Crippen LogP contribution in [0.4, 0.5) is 4.79 Å². The first-order chi connectivity index (χ1) is 15.4. The molecule has 2 fully saturated rings. The number of nitrogens with one attached hydrogen (secondary N) is 1. The molecule has 5 rings (SSSR count). The third-order valence-electron chi connectivity index (χ3n) is 7.22. The van der Waals surface area contributed by atoms with Crippen molar-refractivity contribution < 1.29 is 24.2 Å². The Balaban J connectivity index is 1.19. The highest BCUT2D eigenvalue weighted by Crippen LogP contribution is 2.64. The third-order valence-corrected chi connectivity index (χ3v) is 7.22. The first-order valence-electron chi connectivity index (χ1n) is 11.0. The number of fused-ring (bicyclic) bond motifs is 4. The predicted molar refractivity (Wildman–Crippen MR) is 117 cm³/mol. The number of ether oxygens (including phenoxy) is 1. The third kappa shape index (κ3) is 3.42. The maximum atomic E-state index is 12.7. The summed E-state index contributed by atoms with van der Waals surface area (Å²) in [5.41, 5.74) is 4.16. The molecule has 7 heteroatoms. The fourth-order valence-electron chi connectivity index (χ4n) is 5.73. The molecule has 0 radical (unpaired) electrons. The van der Waals surface area contributed by atoms with Crippen LogP contribution in [0.1, 0.15) is 36.3 Å². The van der Waals surface area contributed by atoms with E-state index < -0.39 is 17.5 Å². The van der Waals surface area contributed by atoms with Crippen LogP contribution in [0.3, 0.4) is 0 Å². The van der Waals surface area contributed by atoms with Gasteiger partial charge in [0.1, 0.15) is 13.2 Å². The Bertz CT molecular complexity index is 1050. The minimum Gasteiger partial charge on any atom is -0.480 e. The normalized spacial score (nSPS) is 24.8. The molecule has 2 N–H and O–H groups in total. The largest absolute Gasteiger partial charge is 0.480 e. The van der Waals surface area contributed by atoms with Crippen molar-refractivity contribution in [3.05, 3.63) is 59.7 Å². The molecule has 32 heavy (non-hydrogen) atoms. The minimum absolute atomic E-state index is 0.00252. The van der Waals surface area contributed by atoms with Crippen molar-refractivity contribution in [1.29, 1.82) is 0 Å². The Hall–Kier alpha value is -3.35. The zero-order valence-electron chi connectivity index (χ0n) is 17.9. The van der Waals surface area contributed by atoms with Gasteiger partial charge in [-0.25, -0.2) is 4.79 Å². The zero-order valence-corrected chi connectivity index (χ0v) is 17.9. The Morgan fingerprint density at radius 2 is 1.69 bits per heavy atom. The maximum absolute atomic E-state index is 12.7. The number of nitrogens with zero attached hydrogens (tertiary/aromatic N) is 1. The van der Waals surface area contributed by atoms with E-state index in [9.17, 15) is 14.4 Å². The lowest BCUT2D eigenvalue weighted by molar-refractivity contribution is -0.146.